The van der Waals surface area contributed by atoms with Gasteiger partial charge in [-0.1, -0.05) is 34.8 Å². The van der Waals surface area contributed by atoms with Crippen LogP contribution in [0.15, 0.2) is 24.4 Å². The Morgan fingerprint density at radius 3 is 2.50 bits per heavy atom. The summed E-state index contributed by atoms with van der Waals surface area (Å²) in [6.07, 6.45) is -3.82. The molecule has 0 bridgehead atoms. The third kappa shape index (κ3) is 3.37. The zero-order chi connectivity index (χ0) is 19.2. The van der Waals surface area contributed by atoms with E-state index in [1.807, 2.05) is 0 Å². The molecule has 0 aliphatic rings. The molecule has 136 valence electrons. The Labute approximate surface area is 158 Å². The number of nitrogen functional groups attached to an aromatic ring is 1. The van der Waals surface area contributed by atoms with Gasteiger partial charge in [0.05, 0.1) is 21.3 Å². The standard InChI is InChI=1S/C14H6Cl3F3N4O2/c15-5-1-7(10(17)8(21)2-5)12(25)26-24-9-3-6(16)4-22-11(9)23-13(24)14(18,19)20/h1-4H,21H2. The van der Waals surface area contributed by atoms with E-state index in [4.69, 9.17) is 45.4 Å². The van der Waals surface area contributed by atoms with Crippen molar-refractivity contribution in [2.24, 2.45) is 0 Å². The van der Waals surface area contributed by atoms with Gasteiger partial charge in [0, 0.05) is 11.2 Å². The fourth-order valence-corrected chi connectivity index (χ4v) is 2.64. The number of rotatable bonds is 2. The van der Waals surface area contributed by atoms with Gasteiger partial charge in [-0.15, -0.1) is 4.73 Å². The van der Waals surface area contributed by atoms with Gasteiger partial charge in [0.15, 0.2) is 5.65 Å². The van der Waals surface area contributed by atoms with E-state index in [9.17, 15) is 18.0 Å². The van der Waals surface area contributed by atoms with Crippen LogP contribution in [0.25, 0.3) is 11.2 Å². The van der Waals surface area contributed by atoms with Crippen LogP contribution in [-0.4, -0.2) is 20.7 Å². The van der Waals surface area contributed by atoms with Crippen LogP contribution in [0.5, 0.6) is 0 Å². The van der Waals surface area contributed by atoms with Gasteiger partial charge in [-0.2, -0.15) is 13.2 Å². The molecule has 6 nitrogen and oxygen atoms in total. The van der Waals surface area contributed by atoms with Gasteiger partial charge < -0.3 is 10.6 Å². The molecule has 0 atom stereocenters. The zero-order valence-corrected chi connectivity index (χ0v) is 14.6. The lowest BCUT2D eigenvalue weighted by molar-refractivity contribution is -0.152. The van der Waals surface area contributed by atoms with Gasteiger partial charge in [-0.25, -0.2) is 14.8 Å². The number of pyridine rings is 1. The van der Waals surface area contributed by atoms with Crippen molar-refractivity contribution in [3.63, 3.8) is 0 Å². The number of fused-ring (bicyclic) bond motifs is 1. The summed E-state index contributed by atoms with van der Waals surface area (Å²) >= 11 is 17.5. The monoisotopic (exact) mass is 424 g/mol. The quantitative estimate of drug-likeness (QED) is 0.620. The number of nitrogens with two attached hydrogens (primary N) is 1. The van der Waals surface area contributed by atoms with Gasteiger partial charge in [-0.3, -0.25) is 0 Å². The summed E-state index contributed by atoms with van der Waals surface area (Å²) < 4.78 is 39.9. The topological polar surface area (TPSA) is 83.0 Å². The van der Waals surface area contributed by atoms with Gasteiger partial charge >= 0.3 is 12.1 Å². The number of nitrogens with zero attached hydrogens (tertiary/aromatic N) is 3. The maximum atomic E-state index is 13.2. The highest BCUT2D eigenvalue weighted by Crippen LogP contribution is 2.32. The molecule has 3 aromatic rings. The summed E-state index contributed by atoms with van der Waals surface area (Å²) in [7, 11) is 0. The van der Waals surface area contributed by atoms with E-state index in [0.717, 1.165) is 18.3 Å². The van der Waals surface area contributed by atoms with E-state index < -0.39 is 18.0 Å². The van der Waals surface area contributed by atoms with Crippen LogP contribution < -0.4 is 10.6 Å². The Balaban J connectivity index is 2.14. The maximum absolute atomic E-state index is 13.2. The van der Waals surface area contributed by atoms with Gasteiger partial charge in [-0.05, 0) is 18.2 Å². The minimum absolute atomic E-state index is 0.0217. The Hall–Kier alpha value is -2.23. The second kappa shape index (κ2) is 6.49. The van der Waals surface area contributed by atoms with Crippen molar-refractivity contribution in [1.82, 2.24) is 14.7 Å². The molecular weight excluding hydrogens is 420 g/mol. The summed E-state index contributed by atoms with van der Waals surface area (Å²) in [4.78, 5) is 24.2. The number of halogens is 6. The molecule has 12 heteroatoms. The van der Waals surface area contributed by atoms with Gasteiger partial charge in [0.25, 0.3) is 5.82 Å². The van der Waals surface area contributed by atoms with Crippen LogP contribution >= 0.6 is 34.8 Å². The zero-order valence-electron chi connectivity index (χ0n) is 12.3. The fourth-order valence-electron chi connectivity index (χ4n) is 2.08. The maximum Gasteiger partial charge on any atom is 0.453 e. The first-order valence-corrected chi connectivity index (χ1v) is 7.79. The molecule has 2 heterocycles. The number of carbonyl (C=O) groups excluding carboxylic acids is 1. The molecule has 0 saturated heterocycles. The molecule has 26 heavy (non-hydrogen) atoms. The second-order valence-electron chi connectivity index (χ2n) is 4.96. The van der Waals surface area contributed by atoms with Crippen LogP contribution in [0.2, 0.25) is 15.1 Å². The second-order valence-corrected chi connectivity index (χ2v) is 6.21. The largest absolute Gasteiger partial charge is 0.453 e. The number of hydrogen-bond donors (Lipinski definition) is 1. The first-order valence-electron chi connectivity index (χ1n) is 6.66. The molecule has 0 aliphatic heterocycles. The molecule has 0 radical (unpaired) electrons. The average molecular weight is 426 g/mol. The highest BCUT2D eigenvalue weighted by Gasteiger charge is 2.40. The van der Waals surface area contributed by atoms with Crippen LogP contribution in [0.3, 0.4) is 0 Å². The molecule has 0 saturated carbocycles. The summed E-state index contributed by atoms with van der Waals surface area (Å²) in [6, 6.07) is 3.51. The number of hydrogen-bond acceptors (Lipinski definition) is 5. The Kier molecular flexibility index (Phi) is 4.63. The Morgan fingerprint density at radius 2 is 1.85 bits per heavy atom. The summed E-state index contributed by atoms with van der Waals surface area (Å²) in [5, 5.41) is -0.142. The van der Waals surface area contributed by atoms with Crippen molar-refractivity contribution in [2.45, 2.75) is 6.18 Å². The number of alkyl halides is 3. The molecule has 2 N–H and O–H groups in total. The van der Waals surface area contributed by atoms with E-state index in [2.05, 4.69) is 9.97 Å². The van der Waals surface area contributed by atoms with Crippen molar-refractivity contribution in [1.29, 1.82) is 0 Å². The van der Waals surface area contributed by atoms with Crippen LogP contribution in [-0.2, 0) is 6.18 Å². The van der Waals surface area contributed by atoms with Crippen LogP contribution in [0.4, 0.5) is 18.9 Å². The highest BCUT2D eigenvalue weighted by molar-refractivity contribution is 6.38. The van der Waals surface area contributed by atoms with E-state index in [1.165, 1.54) is 6.07 Å². The number of carbonyl (C=O) groups is 1. The Morgan fingerprint density at radius 1 is 1.15 bits per heavy atom. The average Bonchev–Trinajstić information content (AvgIpc) is 2.89. The molecule has 0 aliphatic carbocycles. The highest BCUT2D eigenvalue weighted by atomic mass is 35.5. The van der Waals surface area contributed by atoms with E-state index in [-0.39, 0.29) is 42.2 Å². The van der Waals surface area contributed by atoms with E-state index >= 15 is 0 Å². The first-order chi connectivity index (χ1) is 12.1. The fraction of sp³-hybridized carbons (Fsp3) is 0.0714. The third-order valence-electron chi connectivity index (χ3n) is 3.15. The van der Waals surface area contributed by atoms with Crippen molar-refractivity contribution in [3.8, 4) is 0 Å². The third-order valence-corrected chi connectivity index (χ3v) is 4.00. The predicted octanol–water partition coefficient (Wildman–Crippen LogP) is 4.26. The van der Waals surface area contributed by atoms with Crippen LogP contribution in [0, 0.1) is 0 Å². The van der Waals surface area contributed by atoms with Crippen molar-refractivity contribution in [2.75, 3.05) is 5.73 Å². The van der Waals surface area contributed by atoms with E-state index in [1.54, 1.807) is 0 Å². The molecular formula is C14H6Cl3F3N4O2. The Bertz CT molecular complexity index is 1040. The molecule has 3 rings (SSSR count). The minimum Gasteiger partial charge on any atom is -0.397 e. The number of imidazole rings is 1. The number of anilines is 1. The van der Waals surface area contributed by atoms with Crippen molar-refractivity contribution >= 4 is 57.6 Å². The number of benzene rings is 1. The van der Waals surface area contributed by atoms with Gasteiger partial charge in [0.1, 0.15) is 5.52 Å². The lowest BCUT2D eigenvalue weighted by atomic mass is 10.2. The first kappa shape index (κ1) is 18.6. The van der Waals surface area contributed by atoms with Crippen LogP contribution in [0.1, 0.15) is 16.2 Å². The summed E-state index contributed by atoms with van der Waals surface area (Å²) in [5.74, 6) is -2.73. The smallest absolute Gasteiger partial charge is 0.397 e. The molecule has 0 amide bonds. The molecule has 1 aromatic carbocycles. The lowest BCUT2D eigenvalue weighted by Crippen LogP contribution is -2.26. The normalized spacial score (nSPS) is 11.8. The summed E-state index contributed by atoms with van der Waals surface area (Å²) in [5.41, 5.74) is 4.66. The van der Waals surface area contributed by atoms with Crippen molar-refractivity contribution in [3.05, 3.63) is 50.9 Å². The molecule has 0 spiro atoms. The minimum atomic E-state index is -4.93. The SMILES string of the molecule is Nc1cc(Cl)cc(C(=O)On2c(C(F)(F)F)nc3ncc(Cl)cc32)c1Cl. The molecule has 0 fully saturated rings. The van der Waals surface area contributed by atoms with E-state index in [0.29, 0.717) is 0 Å². The molecule has 0 unspecified atom stereocenters. The molecule has 2 aromatic heterocycles. The van der Waals surface area contributed by atoms with Crippen molar-refractivity contribution < 1.29 is 22.8 Å². The van der Waals surface area contributed by atoms with Gasteiger partial charge in [0.2, 0.25) is 0 Å². The number of aromatic nitrogens is 3. The summed E-state index contributed by atoms with van der Waals surface area (Å²) in [6.45, 7) is 0. The predicted molar refractivity (Wildman–Crippen MR) is 89.3 cm³/mol. The lowest BCUT2D eigenvalue weighted by Gasteiger charge is -2.12.